The molecule has 4 rings (SSSR count). The molecule has 2 aromatic rings. The fourth-order valence-corrected chi connectivity index (χ4v) is 5.14. The summed E-state index contributed by atoms with van der Waals surface area (Å²) in [6.45, 7) is 11.9. The van der Waals surface area contributed by atoms with Crippen LogP contribution in [-0.4, -0.2) is 67.5 Å². The van der Waals surface area contributed by atoms with E-state index in [2.05, 4.69) is 52.9 Å². The van der Waals surface area contributed by atoms with Crippen molar-refractivity contribution >= 4 is 5.91 Å². The predicted molar refractivity (Wildman–Crippen MR) is 122 cm³/mol. The van der Waals surface area contributed by atoms with Crippen molar-refractivity contribution < 1.29 is 14.3 Å². The zero-order valence-corrected chi connectivity index (χ0v) is 19.0. The van der Waals surface area contributed by atoms with Gasteiger partial charge in [-0.3, -0.25) is 9.69 Å². The maximum Gasteiger partial charge on any atom is 0.253 e. The van der Waals surface area contributed by atoms with E-state index < -0.39 is 0 Å². The van der Waals surface area contributed by atoms with Gasteiger partial charge in [-0.05, 0) is 38.8 Å². The van der Waals surface area contributed by atoms with E-state index in [0.717, 1.165) is 62.9 Å². The Labute approximate surface area is 185 Å². The monoisotopic (exact) mass is 425 g/mol. The van der Waals surface area contributed by atoms with Crippen molar-refractivity contribution in [2.24, 2.45) is 5.92 Å². The highest BCUT2D eigenvalue weighted by Crippen LogP contribution is 2.26. The molecule has 1 amide bonds. The fraction of sp³-hybridized carbons (Fsp3) is 0.560. The number of aromatic nitrogens is 1. The highest BCUT2D eigenvalue weighted by molar-refractivity contribution is 5.95. The first-order chi connectivity index (χ1) is 15.1. The molecule has 3 unspecified atom stereocenters. The van der Waals surface area contributed by atoms with Crippen molar-refractivity contribution in [2.75, 3.05) is 46.1 Å². The van der Waals surface area contributed by atoms with Crippen LogP contribution in [0.3, 0.4) is 0 Å². The summed E-state index contributed by atoms with van der Waals surface area (Å²) in [4.78, 5) is 15.7. The zero-order valence-electron chi connectivity index (χ0n) is 19.0. The van der Waals surface area contributed by atoms with Crippen molar-refractivity contribution in [3.8, 4) is 0 Å². The summed E-state index contributed by atoms with van der Waals surface area (Å²) < 4.78 is 13.4. The number of amides is 1. The van der Waals surface area contributed by atoms with Gasteiger partial charge in [0.1, 0.15) is 0 Å². The molecule has 0 aliphatic carbocycles. The molecule has 1 aromatic heterocycles. The first-order valence-corrected chi connectivity index (χ1v) is 11.5. The number of hydrogen-bond acceptors (Lipinski definition) is 4. The van der Waals surface area contributed by atoms with Gasteiger partial charge in [-0.25, -0.2) is 0 Å². The minimum absolute atomic E-state index is 0.0109. The van der Waals surface area contributed by atoms with Gasteiger partial charge in [-0.15, -0.1) is 0 Å². The number of carbonyl (C=O) groups excluding carboxylic acids is 1. The Kier molecular flexibility index (Phi) is 7.10. The van der Waals surface area contributed by atoms with E-state index in [9.17, 15) is 4.79 Å². The van der Waals surface area contributed by atoms with Gasteiger partial charge in [0.2, 0.25) is 0 Å². The normalized spacial score (nSPS) is 21.7. The van der Waals surface area contributed by atoms with Crippen LogP contribution >= 0.6 is 0 Å². The van der Waals surface area contributed by atoms with E-state index in [1.165, 1.54) is 5.56 Å². The van der Waals surface area contributed by atoms with Gasteiger partial charge < -0.3 is 19.4 Å². The van der Waals surface area contributed by atoms with Crippen LogP contribution in [0.1, 0.15) is 46.7 Å². The quantitative estimate of drug-likeness (QED) is 0.740. The molecular formula is C25H35N3O3. The molecule has 0 radical (unpaired) electrons. The lowest BCUT2D eigenvalue weighted by Crippen LogP contribution is -2.52. The highest BCUT2D eigenvalue weighted by Gasteiger charge is 2.32. The van der Waals surface area contributed by atoms with Crippen molar-refractivity contribution in [3.63, 3.8) is 0 Å². The summed E-state index contributed by atoms with van der Waals surface area (Å²) in [6, 6.07) is 12.9. The van der Waals surface area contributed by atoms with Crippen LogP contribution in [0.25, 0.3) is 0 Å². The van der Waals surface area contributed by atoms with Gasteiger partial charge in [-0.1, -0.05) is 30.3 Å². The van der Waals surface area contributed by atoms with Crippen molar-refractivity contribution in [1.82, 2.24) is 14.8 Å². The van der Waals surface area contributed by atoms with Crippen molar-refractivity contribution in [1.29, 1.82) is 0 Å². The summed E-state index contributed by atoms with van der Waals surface area (Å²) in [7, 11) is 0. The number of benzene rings is 1. The number of rotatable bonds is 7. The van der Waals surface area contributed by atoms with Crippen LogP contribution in [-0.2, 0) is 9.47 Å². The Bertz CT molecular complexity index is 868. The topological polar surface area (TPSA) is 55.7 Å². The highest BCUT2D eigenvalue weighted by atomic mass is 16.5. The van der Waals surface area contributed by atoms with E-state index >= 15 is 0 Å². The molecule has 0 saturated carbocycles. The van der Waals surface area contributed by atoms with Crippen LogP contribution in [0.5, 0.6) is 0 Å². The number of morpholine rings is 1. The molecule has 1 aromatic carbocycles. The smallest absolute Gasteiger partial charge is 0.253 e. The third kappa shape index (κ3) is 4.86. The molecule has 1 N–H and O–H groups in total. The first-order valence-electron chi connectivity index (χ1n) is 11.5. The molecule has 3 heterocycles. The lowest BCUT2D eigenvalue weighted by molar-refractivity contribution is 0.00166. The second kappa shape index (κ2) is 9.98. The minimum Gasteiger partial charge on any atom is -0.381 e. The SMILES string of the molecule is Cc1cc(C(=O)NCC(C2CCOC2)N2CCOCC2)c(C)n1C(C)c1ccccc1. The average molecular weight is 426 g/mol. The molecule has 168 valence electrons. The van der Waals surface area contributed by atoms with Crippen molar-refractivity contribution in [3.05, 3.63) is 58.9 Å². The molecule has 0 spiro atoms. The Morgan fingerprint density at radius 1 is 1.13 bits per heavy atom. The number of ether oxygens (including phenoxy) is 2. The van der Waals surface area contributed by atoms with Gasteiger partial charge in [0.05, 0.1) is 31.4 Å². The summed E-state index contributed by atoms with van der Waals surface area (Å²) in [5.41, 5.74) is 4.12. The summed E-state index contributed by atoms with van der Waals surface area (Å²) in [5.74, 6) is 0.473. The molecule has 2 aliphatic heterocycles. The van der Waals surface area contributed by atoms with Gasteiger partial charge >= 0.3 is 0 Å². The van der Waals surface area contributed by atoms with E-state index in [1.807, 2.05) is 19.1 Å². The zero-order chi connectivity index (χ0) is 21.8. The summed E-state index contributed by atoms with van der Waals surface area (Å²) >= 11 is 0. The molecule has 3 atom stereocenters. The second-order valence-corrected chi connectivity index (χ2v) is 8.79. The molecular weight excluding hydrogens is 390 g/mol. The Hall–Kier alpha value is -2.15. The van der Waals surface area contributed by atoms with Gasteiger partial charge in [-0.2, -0.15) is 0 Å². The summed E-state index contributed by atoms with van der Waals surface area (Å²) in [5, 5.41) is 3.24. The van der Waals surface area contributed by atoms with Gasteiger partial charge in [0.25, 0.3) is 5.91 Å². The Balaban J connectivity index is 1.47. The van der Waals surface area contributed by atoms with Crippen LogP contribution in [0.2, 0.25) is 0 Å². The van der Waals surface area contributed by atoms with Crippen LogP contribution < -0.4 is 5.32 Å². The van der Waals surface area contributed by atoms with Crippen LogP contribution in [0, 0.1) is 19.8 Å². The van der Waals surface area contributed by atoms with E-state index in [1.54, 1.807) is 0 Å². The number of nitrogens with one attached hydrogen (secondary N) is 1. The lowest BCUT2D eigenvalue weighted by atomic mass is 9.96. The molecule has 31 heavy (non-hydrogen) atoms. The molecule has 2 fully saturated rings. The van der Waals surface area contributed by atoms with Crippen LogP contribution in [0.4, 0.5) is 0 Å². The number of aryl methyl sites for hydroxylation is 1. The van der Waals surface area contributed by atoms with E-state index in [4.69, 9.17) is 9.47 Å². The fourth-order valence-electron chi connectivity index (χ4n) is 5.14. The number of nitrogens with zero attached hydrogens (tertiary/aromatic N) is 2. The van der Waals surface area contributed by atoms with Crippen molar-refractivity contribution in [2.45, 2.75) is 39.3 Å². The Morgan fingerprint density at radius 2 is 1.87 bits per heavy atom. The van der Waals surface area contributed by atoms with Gasteiger partial charge in [0, 0.05) is 49.6 Å². The lowest BCUT2D eigenvalue weighted by Gasteiger charge is -2.37. The average Bonchev–Trinajstić information content (AvgIpc) is 3.43. The number of carbonyl (C=O) groups is 1. The standard InChI is InChI=1S/C25H35N3O3/c1-18-15-23(20(3)28(18)19(2)21-7-5-4-6-8-21)25(29)26-16-24(22-9-12-31-17-22)27-10-13-30-14-11-27/h4-8,15,19,22,24H,9-14,16-17H2,1-3H3,(H,26,29). The van der Waals surface area contributed by atoms with Gasteiger partial charge in [0.15, 0.2) is 0 Å². The first kappa shape index (κ1) is 22.1. The third-order valence-electron chi connectivity index (χ3n) is 6.89. The molecule has 6 nitrogen and oxygen atoms in total. The molecule has 6 heteroatoms. The maximum absolute atomic E-state index is 13.2. The number of hydrogen-bond donors (Lipinski definition) is 1. The largest absolute Gasteiger partial charge is 0.381 e. The van der Waals surface area contributed by atoms with E-state index in [0.29, 0.717) is 18.5 Å². The van der Waals surface area contributed by atoms with Crippen LogP contribution in [0.15, 0.2) is 36.4 Å². The predicted octanol–water partition coefficient (Wildman–Crippen LogP) is 3.18. The van der Waals surface area contributed by atoms with E-state index in [-0.39, 0.29) is 11.9 Å². The Morgan fingerprint density at radius 3 is 2.55 bits per heavy atom. The molecule has 2 saturated heterocycles. The maximum atomic E-state index is 13.2. The molecule has 0 bridgehead atoms. The minimum atomic E-state index is 0.0109. The third-order valence-corrected chi connectivity index (χ3v) is 6.89. The second-order valence-electron chi connectivity index (χ2n) is 8.79. The molecule has 2 aliphatic rings. The summed E-state index contributed by atoms with van der Waals surface area (Å²) in [6.07, 6.45) is 1.06.